The molecule has 68 valence electrons. The first kappa shape index (κ1) is 7.75. The fraction of sp³-hybridized carbons (Fsp3) is 0.111. The molecular formula is C9H6N4S. The summed E-state index contributed by atoms with van der Waals surface area (Å²) in [6, 6.07) is 7.87. The summed E-state index contributed by atoms with van der Waals surface area (Å²) < 4.78 is 0. The summed E-state index contributed by atoms with van der Waals surface area (Å²) in [6.45, 7) is 0. The topological polar surface area (TPSA) is 49.1 Å². The summed E-state index contributed by atoms with van der Waals surface area (Å²) in [6.07, 6.45) is -0.141. The highest BCUT2D eigenvalue weighted by Gasteiger charge is 2.23. The molecule has 2 aliphatic rings. The highest BCUT2D eigenvalue weighted by atomic mass is 32.1. The Hall–Kier alpha value is -1.62. The minimum absolute atomic E-state index is 0.141. The van der Waals surface area contributed by atoms with Gasteiger partial charge >= 0.3 is 0 Å². The van der Waals surface area contributed by atoms with Crippen LogP contribution in [-0.2, 0) is 0 Å². The third kappa shape index (κ3) is 0.990. The van der Waals surface area contributed by atoms with E-state index in [1.807, 2.05) is 24.3 Å². The van der Waals surface area contributed by atoms with Crippen LogP contribution >= 0.6 is 12.2 Å². The van der Waals surface area contributed by atoms with Crippen molar-refractivity contribution in [3.05, 3.63) is 34.8 Å². The number of benzene rings is 1. The van der Waals surface area contributed by atoms with E-state index in [9.17, 15) is 0 Å². The van der Waals surface area contributed by atoms with Gasteiger partial charge in [0.2, 0.25) is 5.11 Å². The Morgan fingerprint density at radius 1 is 1.21 bits per heavy atom. The summed E-state index contributed by atoms with van der Waals surface area (Å²) in [7, 11) is 0. The van der Waals surface area contributed by atoms with E-state index in [0.29, 0.717) is 5.11 Å². The van der Waals surface area contributed by atoms with Crippen LogP contribution in [0.2, 0.25) is 0 Å². The van der Waals surface area contributed by atoms with Crippen molar-refractivity contribution in [3.8, 4) is 0 Å². The van der Waals surface area contributed by atoms with Gasteiger partial charge in [0, 0.05) is 5.22 Å². The summed E-state index contributed by atoms with van der Waals surface area (Å²) in [5.41, 5.74) is 0.856. The minimum Gasteiger partial charge on any atom is -0.333 e. The van der Waals surface area contributed by atoms with Gasteiger partial charge in [0.15, 0.2) is 6.17 Å². The first-order valence-electron chi connectivity index (χ1n) is 4.24. The number of para-hydroxylation sites is 1. The Morgan fingerprint density at radius 3 is 3.00 bits per heavy atom. The van der Waals surface area contributed by atoms with Crippen molar-refractivity contribution >= 4 is 23.0 Å². The highest BCUT2D eigenvalue weighted by Crippen LogP contribution is 2.12. The smallest absolute Gasteiger partial charge is 0.215 e. The van der Waals surface area contributed by atoms with Gasteiger partial charge in [-0.05, 0) is 18.3 Å². The number of thiocarbonyl (C=S) groups is 1. The zero-order valence-electron chi connectivity index (χ0n) is 7.14. The second kappa shape index (κ2) is 2.68. The maximum atomic E-state index is 4.90. The quantitative estimate of drug-likeness (QED) is 0.606. The average Bonchev–Trinajstić information content (AvgIpc) is 2.54. The van der Waals surface area contributed by atoms with E-state index in [-0.39, 0.29) is 6.17 Å². The van der Waals surface area contributed by atoms with Crippen molar-refractivity contribution in [1.82, 2.24) is 5.32 Å². The molecule has 0 bridgehead atoms. The maximum Gasteiger partial charge on any atom is 0.215 e. The summed E-state index contributed by atoms with van der Waals surface area (Å²) in [4.78, 5) is 4.43. The van der Waals surface area contributed by atoms with E-state index >= 15 is 0 Å². The molecule has 1 unspecified atom stereocenters. The standard InChI is InChI=1S/C9H6N4S/c14-9-11-8-7(12-13-9)5-3-1-2-4-6(5)10-8/h1-4,8H,(H,11,14). The van der Waals surface area contributed by atoms with Crippen molar-refractivity contribution in [2.75, 3.05) is 0 Å². The molecule has 1 aromatic carbocycles. The second-order valence-corrected chi connectivity index (χ2v) is 3.47. The first-order chi connectivity index (χ1) is 6.84. The predicted molar refractivity (Wildman–Crippen MR) is 55.0 cm³/mol. The number of hydrogen-bond donors (Lipinski definition) is 1. The molecule has 2 aliphatic heterocycles. The van der Waals surface area contributed by atoms with E-state index in [1.165, 1.54) is 0 Å². The van der Waals surface area contributed by atoms with Crippen LogP contribution in [0.15, 0.2) is 39.5 Å². The molecule has 1 N–H and O–H groups in total. The predicted octanol–water partition coefficient (Wildman–Crippen LogP) is 0.0944. The van der Waals surface area contributed by atoms with Crippen LogP contribution in [0, 0.1) is 0 Å². The van der Waals surface area contributed by atoms with Gasteiger partial charge in [-0.15, -0.1) is 10.2 Å². The van der Waals surface area contributed by atoms with E-state index in [4.69, 9.17) is 12.2 Å². The Bertz CT molecular complexity index is 560. The van der Waals surface area contributed by atoms with Gasteiger partial charge in [0.25, 0.3) is 0 Å². The van der Waals surface area contributed by atoms with Crippen LogP contribution in [0.4, 0.5) is 0 Å². The van der Waals surface area contributed by atoms with Gasteiger partial charge in [-0.1, -0.05) is 18.2 Å². The third-order valence-electron chi connectivity index (χ3n) is 2.22. The van der Waals surface area contributed by atoms with Gasteiger partial charge in [-0.3, -0.25) is 4.99 Å². The molecule has 0 fully saturated rings. The first-order valence-corrected chi connectivity index (χ1v) is 4.65. The molecule has 1 atom stereocenters. The Morgan fingerprint density at radius 2 is 2.07 bits per heavy atom. The number of hydrogen-bond acceptors (Lipinski definition) is 3. The fourth-order valence-corrected chi connectivity index (χ4v) is 1.76. The summed E-state index contributed by atoms with van der Waals surface area (Å²) in [5, 5.41) is 13.3. The van der Waals surface area contributed by atoms with Crippen LogP contribution in [0.3, 0.4) is 0 Å². The van der Waals surface area contributed by atoms with Gasteiger partial charge in [-0.25, -0.2) is 0 Å². The lowest BCUT2D eigenvalue weighted by atomic mass is 10.2. The SMILES string of the molecule is S=C1N=NC2=c3ccccc3=NC2N1. The molecule has 4 nitrogen and oxygen atoms in total. The number of rotatable bonds is 0. The van der Waals surface area contributed by atoms with E-state index in [0.717, 1.165) is 16.3 Å². The van der Waals surface area contributed by atoms with Gasteiger partial charge in [-0.2, -0.15) is 0 Å². The molecule has 0 aliphatic carbocycles. The molecule has 0 saturated heterocycles. The van der Waals surface area contributed by atoms with Gasteiger partial charge in [0.05, 0.1) is 5.36 Å². The molecule has 14 heavy (non-hydrogen) atoms. The highest BCUT2D eigenvalue weighted by molar-refractivity contribution is 7.80. The number of azo groups is 1. The molecule has 2 heterocycles. The fourth-order valence-electron chi connectivity index (χ4n) is 1.60. The molecule has 3 rings (SSSR count). The van der Waals surface area contributed by atoms with E-state index < -0.39 is 0 Å². The second-order valence-electron chi connectivity index (χ2n) is 3.08. The van der Waals surface area contributed by atoms with Crippen LogP contribution in [0.25, 0.3) is 5.70 Å². The van der Waals surface area contributed by atoms with Crippen LogP contribution in [0.1, 0.15) is 0 Å². The van der Waals surface area contributed by atoms with Crippen molar-refractivity contribution < 1.29 is 0 Å². The number of nitrogens with one attached hydrogen (secondary N) is 1. The normalized spacial score (nSPS) is 22.4. The largest absolute Gasteiger partial charge is 0.333 e. The molecule has 0 amide bonds. The lowest BCUT2D eigenvalue weighted by Crippen LogP contribution is -2.34. The molecule has 1 aromatic rings. The number of nitrogens with zero attached hydrogens (tertiary/aromatic N) is 3. The Balaban J connectivity index is 2.34. The summed E-state index contributed by atoms with van der Waals surface area (Å²) >= 11 is 4.90. The lowest BCUT2D eigenvalue weighted by molar-refractivity contribution is 0.746. The van der Waals surface area contributed by atoms with Gasteiger partial charge < -0.3 is 5.32 Å². The molecule has 0 saturated carbocycles. The Labute approximate surface area is 85.1 Å². The lowest BCUT2D eigenvalue weighted by Gasteiger charge is -2.14. The van der Waals surface area contributed by atoms with Crippen molar-refractivity contribution in [3.63, 3.8) is 0 Å². The van der Waals surface area contributed by atoms with E-state index in [2.05, 4.69) is 20.5 Å². The van der Waals surface area contributed by atoms with Crippen molar-refractivity contribution in [1.29, 1.82) is 0 Å². The average molecular weight is 202 g/mol. The molecule has 0 radical (unpaired) electrons. The minimum atomic E-state index is -0.141. The zero-order valence-corrected chi connectivity index (χ0v) is 7.95. The van der Waals surface area contributed by atoms with Crippen LogP contribution < -0.4 is 15.9 Å². The van der Waals surface area contributed by atoms with Crippen molar-refractivity contribution in [2.45, 2.75) is 6.17 Å². The molecule has 5 heteroatoms. The number of fused-ring (bicyclic) bond motifs is 2. The van der Waals surface area contributed by atoms with Crippen molar-refractivity contribution in [2.24, 2.45) is 15.2 Å². The Kier molecular flexibility index (Phi) is 1.49. The summed E-state index contributed by atoms with van der Waals surface area (Å²) in [5.74, 6) is 0. The van der Waals surface area contributed by atoms with Gasteiger partial charge in [0.1, 0.15) is 5.70 Å². The maximum absolute atomic E-state index is 4.90. The zero-order chi connectivity index (χ0) is 9.54. The third-order valence-corrected chi connectivity index (χ3v) is 2.42. The van der Waals surface area contributed by atoms with E-state index in [1.54, 1.807) is 0 Å². The molecule has 0 aromatic heterocycles. The van der Waals surface area contributed by atoms with Crippen LogP contribution in [0.5, 0.6) is 0 Å². The molecule has 0 spiro atoms. The van der Waals surface area contributed by atoms with Crippen LogP contribution in [-0.4, -0.2) is 11.3 Å². The monoisotopic (exact) mass is 202 g/mol. The molecular weight excluding hydrogens is 196 g/mol.